The number of aliphatic hydroxyl groups is 60. The SMILES string of the molecule is OCC1O[C@@H](O)C(O)[C@@H](O)[C@@H]1O.OCC1O[C@@H](O)C(O)[C@H](O)[C@@H]1O.OCC1O[C@@H](O)C(O)[C@H](O)[C@@H]1O.OCC1O[C@H](O)C(O)[C@@H](O)[C@@H]1O.OCC1O[C@H](O)C(O)[C@H](O)[C@@H]1O.OCC1O[C@H](O)C(O)[C@H](O)[C@@H]1O.OC[C@@H](O)[C@H]1O[C@@H](O)[C@@H](O)[C@@H]1O.OC[C@@H](O)[C@H]1O[C@@H](O)[C@@H](O)[C@H]1O.OC[C@@H](O)[C@H]1O[C@@H](O)[C@H](O)[C@@H]1O.OC[C@@H](O)[C@H]1O[C@H](O)[C@@H](O)[C@@H]1O.OC[C@@H](O)[C@H]1O[C@H](O)[C@@H](O)[C@H]1O.OC[C@@H](O)[C@H]1O[C@H](O)[C@H](O)[C@@H]1O. The van der Waals surface area contributed by atoms with E-state index >= 15 is 0 Å². The van der Waals surface area contributed by atoms with E-state index in [4.69, 9.17) is 306 Å². The van der Waals surface area contributed by atoms with Crippen LogP contribution in [0.25, 0.3) is 0 Å². The van der Waals surface area contributed by atoms with Crippen molar-refractivity contribution in [3.63, 3.8) is 0 Å². The summed E-state index contributed by atoms with van der Waals surface area (Å²) in [5, 5.41) is 535. The highest BCUT2D eigenvalue weighted by Gasteiger charge is 2.54. The van der Waals surface area contributed by atoms with Crippen molar-refractivity contribution in [3.05, 3.63) is 0 Å². The molecule has 0 aliphatic carbocycles. The van der Waals surface area contributed by atoms with Crippen LogP contribution < -0.4 is 0 Å². The summed E-state index contributed by atoms with van der Waals surface area (Å²) in [5.74, 6) is 0. The predicted molar refractivity (Wildman–Crippen MR) is 432 cm³/mol. The molecule has 0 saturated carbocycles. The maximum atomic E-state index is 9.12. The Balaban J connectivity index is 0.000000785. The Kier molecular flexibility index (Phi) is 64.8. The lowest BCUT2D eigenvalue weighted by atomic mass is 10.00. The van der Waals surface area contributed by atoms with Crippen LogP contribution in [0, 0.1) is 0 Å². The summed E-state index contributed by atoms with van der Waals surface area (Å²) < 4.78 is 55.0. The minimum atomic E-state index is -1.57. The monoisotopic (exact) mass is 2160 g/mol. The first-order valence-corrected chi connectivity index (χ1v) is 42.7. The third kappa shape index (κ3) is 38.9. The maximum absolute atomic E-state index is 9.12. The summed E-state index contributed by atoms with van der Waals surface area (Å²) in [6, 6.07) is 0. The minimum absolute atomic E-state index is 0.526. The molecule has 864 valence electrons. The van der Waals surface area contributed by atoms with E-state index in [2.05, 4.69) is 56.8 Å². The van der Waals surface area contributed by atoms with Crippen LogP contribution in [-0.2, 0) is 56.8 Å². The highest BCUT2D eigenvalue weighted by Crippen LogP contribution is 2.31. The number of rotatable bonds is 18. The van der Waals surface area contributed by atoms with Gasteiger partial charge in [-0.15, -0.1) is 0 Å². The van der Waals surface area contributed by atoms with Gasteiger partial charge >= 0.3 is 0 Å². The van der Waals surface area contributed by atoms with Gasteiger partial charge in [0.1, 0.15) is 293 Å². The zero-order valence-corrected chi connectivity index (χ0v) is 74.9. The summed E-state index contributed by atoms with van der Waals surface area (Å²) in [5.41, 5.74) is 0. The fraction of sp³-hybridized carbons (Fsp3) is 1.00. The van der Waals surface area contributed by atoms with Crippen LogP contribution in [0.5, 0.6) is 0 Å². The molecule has 12 unspecified atom stereocenters. The zero-order valence-electron chi connectivity index (χ0n) is 74.9. The van der Waals surface area contributed by atoms with E-state index in [0.717, 1.165) is 0 Å². The normalized spacial score (nSPS) is 47.0. The van der Waals surface area contributed by atoms with Gasteiger partial charge in [0.15, 0.2) is 75.5 Å². The summed E-state index contributed by atoms with van der Waals surface area (Å²) in [4.78, 5) is 0. The molecule has 12 fully saturated rings. The maximum Gasteiger partial charge on any atom is 0.184 e. The van der Waals surface area contributed by atoms with Gasteiger partial charge in [-0.2, -0.15) is 0 Å². The van der Waals surface area contributed by atoms with E-state index in [1.54, 1.807) is 0 Å². The minimum Gasteiger partial charge on any atom is -0.394 e. The number of aliphatic hydroxyl groups excluding tert-OH is 60. The Hall–Kier alpha value is -2.88. The molecule has 60 atom stereocenters. The molecule has 0 spiro atoms. The molecule has 72 nitrogen and oxygen atoms in total. The van der Waals surface area contributed by atoms with Crippen molar-refractivity contribution in [2.75, 3.05) is 79.3 Å². The van der Waals surface area contributed by atoms with Crippen molar-refractivity contribution in [2.45, 2.75) is 368 Å². The van der Waals surface area contributed by atoms with Gasteiger partial charge in [0.2, 0.25) is 0 Å². The van der Waals surface area contributed by atoms with Gasteiger partial charge in [-0.05, 0) is 0 Å². The van der Waals surface area contributed by atoms with Crippen molar-refractivity contribution < 1.29 is 363 Å². The molecular weight excluding hydrogens is 2020 g/mol. The quantitative estimate of drug-likeness (QED) is 0.0606. The lowest BCUT2D eigenvalue weighted by Gasteiger charge is -2.37. The lowest BCUT2D eigenvalue weighted by molar-refractivity contribution is -0.286. The Bertz CT molecular complexity index is 2720. The summed E-state index contributed by atoms with van der Waals surface area (Å²) in [7, 11) is 0. The Labute approximate surface area is 809 Å². The Morgan fingerprint density at radius 2 is 0.194 bits per heavy atom. The molecule has 144 heavy (non-hydrogen) atoms. The fourth-order valence-electron chi connectivity index (χ4n) is 13.1. The van der Waals surface area contributed by atoms with Crippen molar-refractivity contribution in [3.8, 4) is 0 Å². The molecule has 12 heterocycles. The molecular formula is C72H144O72. The van der Waals surface area contributed by atoms with Crippen LogP contribution in [-0.4, -0.2) is 754 Å². The van der Waals surface area contributed by atoms with Crippen LogP contribution >= 0.6 is 0 Å². The van der Waals surface area contributed by atoms with Gasteiger partial charge in [-0.3, -0.25) is 0 Å². The number of hydrogen-bond acceptors (Lipinski definition) is 72. The standard InChI is InChI=1S/12C6H12O6/c6*7-1-2(8)5-3(9)4(10)6(11)12-5;6*7-1-2-3(8)4(9)5(10)6(11)12-2/h12*2-11H,1H2/t2-,3+,4+,5-,6+;2-,3+,4+,5-,6-;2-,3+,4-,5-,6+;2-,3+,4-,5-,6-;2-,3-,4+,5-,6+;2-,3-,4+,5-,6-;2?,3-,4+,5?,6+;2?,3-,4+,5?,6-;2*2?,3-,4-,5?,6+;2*2?,3-,4-,5?,6-/m111111111111/s1. The molecule has 0 aromatic heterocycles. The van der Waals surface area contributed by atoms with Crippen LogP contribution in [0.1, 0.15) is 0 Å². The van der Waals surface area contributed by atoms with Gasteiger partial charge in [0, 0.05) is 0 Å². The second-order valence-electron chi connectivity index (χ2n) is 32.7. The van der Waals surface area contributed by atoms with Crippen molar-refractivity contribution in [1.29, 1.82) is 0 Å². The molecule has 12 aliphatic rings. The van der Waals surface area contributed by atoms with E-state index in [0.29, 0.717) is 0 Å². The Morgan fingerprint density at radius 1 is 0.111 bits per heavy atom. The van der Waals surface area contributed by atoms with Crippen molar-refractivity contribution >= 4 is 0 Å². The first kappa shape index (κ1) is 139. The zero-order chi connectivity index (χ0) is 112. The van der Waals surface area contributed by atoms with Crippen LogP contribution in [0.2, 0.25) is 0 Å². The van der Waals surface area contributed by atoms with Gasteiger partial charge in [0.25, 0.3) is 0 Å². The summed E-state index contributed by atoms with van der Waals surface area (Å²) in [6.45, 7) is -6.73. The molecule has 60 N–H and O–H groups in total. The van der Waals surface area contributed by atoms with E-state index in [1.165, 1.54) is 0 Å². The van der Waals surface area contributed by atoms with Crippen LogP contribution in [0.15, 0.2) is 0 Å². The van der Waals surface area contributed by atoms with Crippen LogP contribution in [0.4, 0.5) is 0 Å². The molecule has 0 bridgehead atoms. The second-order valence-corrected chi connectivity index (χ2v) is 32.7. The Morgan fingerprint density at radius 3 is 0.264 bits per heavy atom. The number of hydrogen-bond donors (Lipinski definition) is 60. The summed E-state index contributed by atoms with van der Waals surface area (Å²) in [6.07, 6.45) is -82.8. The molecule has 72 heteroatoms. The van der Waals surface area contributed by atoms with E-state index < -0.39 is 448 Å². The van der Waals surface area contributed by atoms with Gasteiger partial charge in [-0.25, -0.2) is 0 Å². The van der Waals surface area contributed by atoms with Gasteiger partial charge in [0.05, 0.1) is 79.3 Å². The van der Waals surface area contributed by atoms with Crippen molar-refractivity contribution in [1.82, 2.24) is 0 Å². The van der Waals surface area contributed by atoms with E-state index in [-0.39, 0.29) is 0 Å². The fourth-order valence-corrected chi connectivity index (χ4v) is 13.1. The molecule has 0 radical (unpaired) electrons. The molecule has 12 saturated heterocycles. The summed E-state index contributed by atoms with van der Waals surface area (Å²) >= 11 is 0. The van der Waals surface area contributed by atoms with Gasteiger partial charge in [-0.1, -0.05) is 0 Å². The third-order valence-electron chi connectivity index (χ3n) is 22.3. The molecule has 0 aromatic rings. The molecule has 12 aliphatic heterocycles. The predicted octanol–water partition coefficient (Wildman–Crippen LogP) is -38.7. The molecule has 12 rings (SSSR count). The highest BCUT2D eigenvalue weighted by molar-refractivity contribution is 4.98. The lowest BCUT2D eigenvalue weighted by Crippen LogP contribution is -2.58. The smallest absolute Gasteiger partial charge is 0.184 e. The highest BCUT2D eigenvalue weighted by atomic mass is 16.7. The third-order valence-corrected chi connectivity index (χ3v) is 22.3. The van der Waals surface area contributed by atoms with Gasteiger partial charge < -0.3 is 363 Å². The first-order chi connectivity index (χ1) is 66.9. The van der Waals surface area contributed by atoms with Crippen molar-refractivity contribution in [2.24, 2.45) is 0 Å². The molecule has 0 amide bonds. The van der Waals surface area contributed by atoms with E-state index in [9.17, 15) is 0 Å². The van der Waals surface area contributed by atoms with Crippen LogP contribution in [0.3, 0.4) is 0 Å². The largest absolute Gasteiger partial charge is 0.394 e. The molecule has 0 aromatic carbocycles. The average Bonchev–Trinajstić information content (AvgIpc) is 1.78. The number of ether oxygens (including phenoxy) is 12. The topological polar surface area (TPSA) is 1320 Å². The second kappa shape index (κ2) is 67.0. The first-order valence-electron chi connectivity index (χ1n) is 42.7. The van der Waals surface area contributed by atoms with E-state index in [1.807, 2.05) is 0 Å². The average molecular weight is 2160 g/mol.